The molecule has 0 amide bonds. The van der Waals surface area contributed by atoms with Gasteiger partial charge in [-0.1, -0.05) is 23.2 Å². The van der Waals surface area contributed by atoms with Crippen molar-refractivity contribution in [2.45, 2.75) is 13.3 Å². The number of aryl methyl sites for hydroxylation is 1. The van der Waals surface area contributed by atoms with Crippen molar-refractivity contribution >= 4 is 46.2 Å². The molecule has 0 saturated carbocycles. The van der Waals surface area contributed by atoms with Gasteiger partial charge in [0.2, 0.25) is 0 Å². The molecule has 0 saturated heterocycles. The normalized spacial score (nSPS) is 11.2. The number of ether oxygens (including phenoxy) is 2. The van der Waals surface area contributed by atoms with Crippen LogP contribution in [0.5, 0.6) is 11.6 Å². The maximum atomic E-state index is 9.63. The van der Waals surface area contributed by atoms with E-state index < -0.39 is 0 Å². The molecule has 3 aromatic rings. The lowest BCUT2D eigenvalue weighted by Gasteiger charge is -2.11. The highest BCUT2D eigenvalue weighted by molar-refractivity contribution is 7.09. The lowest BCUT2D eigenvalue weighted by molar-refractivity contribution is 0.286. The maximum absolute atomic E-state index is 9.63. The third-order valence-corrected chi connectivity index (χ3v) is 5.63. The SMILES string of the molecule is COc1ccc(C(C#N)=Cc2c(Cl)cncc2Cl)nc1OCCc1scnc1C. The van der Waals surface area contributed by atoms with E-state index in [0.29, 0.717) is 46.0 Å². The molecular weight excluding hydrogens is 431 g/mol. The molecule has 3 heterocycles. The first kappa shape index (κ1) is 21.1. The number of rotatable bonds is 7. The smallest absolute Gasteiger partial charge is 0.257 e. The molecule has 0 bridgehead atoms. The fraction of sp³-hybridized carbons (Fsp3) is 0.200. The molecule has 3 aromatic heterocycles. The Bertz CT molecular complexity index is 1070. The number of nitrogens with zero attached hydrogens (tertiary/aromatic N) is 4. The average Bonchev–Trinajstić information content (AvgIpc) is 3.12. The van der Waals surface area contributed by atoms with Gasteiger partial charge in [0.25, 0.3) is 5.88 Å². The Morgan fingerprint density at radius 2 is 2.03 bits per heavy atom. The lowest BCUT2D eigenvalue weighted by Crippen LogP contribution is -2.05. The Morgan fingerprint density at radius 1 is 1.28 bits per heavy atom. The van der Waals surface area contributed by atoms with Crippen LogP contribution >= 0.6 is 34.5 Å². The summed E-state index contributed by atoms with van der Waals surface area (Å²) in [6.07, 6.45) is 5.21. The molecule has 0 aliphatic rings. The van der Waals surface area contributed by atoms with Crippen LogP contribution in [0.4, 0.5) is 0 Å². The summed E-state index contributed by atoms with van der Waals surface area (Å²) >= 11 is 13.9. The molecule has 0 aromatic carbocycles. The van der Waals surface area contributed by atoms with Gasteiger partial charge in [0, 0.05) is 29.3 Å². The first-order valence-electron chi connectivity index (χ1n) is 8.51. The van der Waals surface area contributed by atoms with Gasteiger partial charge in [-0.05, 0) is 25.1 Å². The Morgan fingerprint density at radius 3 is 2.66 bits per heavy atom. The highest BCUT2D eigenvalue weighted by Crippen LogP contribution is 2.31. The predicted molar refractivity (Wildman–Crippen MR) is 115 cm³/mol. The Labute approximate surface area is 182 Å². The summed E-state index contributed by atoms with van der Waals surface area (Å²) in [5.41, 5.74) is 4.00. The summed E-state index contributed by atoms with van der Waals surface area (Å²) in [6, 6.07) is 5.51. The molecule has 148 valence electrons. The number of nitriles is 1. The molecular formula is C20H16Cl2N4O2S. The fourth-order valence-corrected chi connectivity index (χ4v) is 3.75. The number of hydrogen-bond donors (Lipinski definition) is 0. The van der Waals surface area contributed by atoms with Gasteiger partial charge < -0.3 is 9.47 Å². The van der Waals surface area contributed by atoms with Crippen molar-refractivity contribution < 1.29 is 9.47 Å². The van der Waals surface area contributed by atoms with E-state index in [9.17, 15) is 5.26 Å². The molecule has 0 aliphatic carbocycles. The molecule has 29 heavy (non-hydrogen) atoms. The van der Waals surface area contributed by atoms with E-state index in [-0.39, 0.29) is 5.57 Å². The van der Waals surface area contributed by atoms with Gasteiger partial charge in [0.15, 0.2) is 5.75 Å². The van der Waals surface area contributed by atoms with Crippen molar-refractivity contribution in [1.29, 1.82) is 5.26 Å². The van der Waals surface area contributed by atoms with Gasteiger partial charge in [-0.15, -0.1) is 11.3 Å². The molecule has 6 nitrogen and oxygen atoms in total. The van der Waals surface area contributed by atoms with Gasteiger partial charge in [-0.25, -0.2) is 9.97 Å². The summed E-state index contributed by atoms with van der Waals surface area (Å²) in [5, 5.41) is 10.3. The number of halogens is 2. The number of allylic oxidation sites excluding steroid dienone is 1. The number of hydrogen-bond acceptors (Lipinski definition) is 7. The van der Waals surface area contributed by atoms with Gasteiger partial charge >= 0.3 is 0 Å². The monoisotopic (exact) mass is 446 g/mol. The van der Waals surface area contributed by atoms with E-state index in [2.05, 4.69) is 21.0 Å². The molecule has 0 spiro atoms. The third kappa shape index (κ3) is 5.04. The lowest BCUT2D eigenvalue weighted by atomic mass is 10.1. The minimum absolute atomic E-state index is 0.283. The number of pyridine rings is 2. The van der Waals surface area contributed by atoms with Crippen molar-refractivity contribution in [2.75, 3.05) is 13.7 Å². The van der Waals surface area contributed by atoms with Gasteiger partial charge in [0.05, 0.1) is 46.2 Å². The first-order valence-corrected chi connectivity index (χ1v) is 10.1. The summed E-state index contributed by atoms with van der Waals surface area (Å²) < 4.78 is 11.2. The van der Waals surface area contributed by atoms with Crippen LogP contribution in [-0.2, 0) is 6.42 Å². The van der Waals surface area contributed by atoms with Gasteiger partial charge in [-0.3, -0.25) is 4.98 Å². The minimum Gasteiger partial charge on any atom is -0.491 e. The van der Waals surface area contributed by atoms with Crippen molar-refractivity contribution in [3.63, 3.8) is 0 Å². The molecule has 0 aliphatic heterocycles. The second-order valence-corrected chi connectivity index (χ2v) is 7.60. The number of thiazole rings is 1. The quantitative estimate of drug-likeness (QED) is 0.461. The van der Waals surface area contributed by atoms with Crippen LogP contribution in [0.15, 0.2) is 30.0 Å². The van der Waals surface area contributed by atoms with E-state index in [0.717, 1.165) is 10.6 Å². The summed E-state index contributed by atoms with van der Waals surface area (Å²) in [6.45, 7) is 2.37. The van der Waals surface area contributed by atoms with Crippen LogP contribution in [0.2, 0.25) is 10.0 Å². The second-order valence-electron chi connectivity index (χ2n) is 5.85. The summed E-state index contributed by atoms with van der Waals surface area (Å²) in [4.78, 5) is 13.8. The average molecular weight is 447 g/mol. The largest absolute Gasteiger partial charge is 0.491 e. The van der Waals surface area contributed by atoms with E-state index in [4.69, 9.17) is 32.7 Å². The van der Waals surface area contributed by atoms with Crippen molar-refractivity contribution in [2.24, 2.45) is 0 Å². The van der Waals surface area contributed by atoms with E-state index >= 15 is 0 Å². The second kappa shape index (κ2) is 9.70. The number of methoxy groups -OCH3 is 1. The maximum Gasteiger partial charge on any atom is 0.257 e. The van der Waals surface area contributed by atoms with E-state index in [1.807, 2.05) is 12.4 Å². The van der Waals surface area contributed by atoms with Crippen LogP contribution < -0.4 is 9.47 Å². The van der Waals surface area contributed by atoms with Crippen LogP contribution in [0.25, 0.3) is 11.6 Å². The zero-order valence-electron chi connectivity index (χ0n) is 15.6. The molecule has 3 rings (SSSR count). The molecule has 0 N–H and O–H groups in total. The van der Waals surface area contributed by atoms with E-state index in [1.165, 1.54) is 19.5 Å². The van der Waals surface area contributed by atoms with Crippen LogP contribution in [0, 0.1) is 18.3 Å². The number of aromatic nitrogens is 3. The third-order valence-electron chi connectivity index (χ3n) is 4.03. The van der Waals surface area contributed by atoms with E-state index in [1.54, 1.807) is 29.5 Å². The fourth-order valence-electron chi connectivity index (χ4n) is 2.51. The Balaban J connectivity index is 1.87. The van der Waals surface area contributed by atoms with Crippen molar-refractivity contribution in [3.8, 4) is 17.7 Å². The first-order chi connectivity index (χ1) is 14.0. The minimum atomic E-state index is 0.283. The molecule has 0 radical (unpaired) electrons. The zero-order valence-corrected chi connectivity index (χ0v) is 18.0. The molecule has 0 unspecified atom stereocenters. The van der Waals surface area contributed by atoms with Crippen LogP contribution in [0.1, 0.15) is 21.8 Å². The van der Waals surface area contributed by atoms with Crippen molar-refractivity contribution in [1.82, 2.24) is 15.0 Å². The molecule has 9 heteroatoms. The Kier molecular flexibility index (Phi) is 7.04. The highest BCUT2D eigenvalue weighted by Gasteiger charge is 2.13. The Hall–Kier alpha value is -2.66. The topological polar surface area (TPSA) is 80.9 Å². The standard InChI is InChI=1S/C20H16Cl2N4O2S/c1-12-19(29-11-25-12)5-6-28-20-18(27-2)4-3-17(26-20)13(8-23)7-14-15(21)9-24-10-16(14)22/h3-4,7,9-11H,5-6H2,1-2H3. The zero-order chi connectivity index (χ0) is 20.8. The van der Waals surface area contributed by atoms with Crippen LogP contribution in [-0.4, -0.2) is 28.7 Å². The molecule has 0 fully saturated rings. The summed E-state index contributed by atoms with van der Waals surface area (Å²) in [7, 11) is 1.54. The van der Waals surface area contributed by atoms with Crippen molar-refractivity contribution in [3.05, 3.63) is 61.9 Å². The highest BCUT2D eigenvalue weighted by atomic mass is 35.5. The predicted octanol–water partition coefficient (Wildman–Crippen LogP) is 5.24. The molecule has 0 atom stereocenters. The van der Waals surface area contributed by atoms with Gasteiger partial charge in [-0.2, -0.15) is 5.26 Å². The van der Waals surface area contributed by atoms with Crippen LogP contribution in [0.3, 0.4) is 0 Å². The summed E-state index contributed by atoms with van der Waals surface area (Å²) in [5.74, 6) is 0.785. The van der Waals surface area contributed by atoms with Gasteiger partial charge in [0.1, 0.15) is 6.07 Å².